The van der Waals surface area contributed by atoms with Crippen LogP contribution in [0.4, 0.5) is 0 Å². The van der Waals surface area contributed by atoms with Gasteiger partial charge in [0.2, 0.25) is 5.91 Å². The van der Waals surface area contributed by atoms with Crippen molar-refractivity contribution in [3.8, 4) is 0 Å². The Bertz CT molecular complexity index is 372. The van der Waals surface area contributed by atoms with E-state index < -0.39 is 11.4 Å². The number of hydrogen-bond acceptors (Lipinski definition) is 3. The summed E-state index contributed by atoms with van der Waals surface area (Å²) in [5, 5.41) is 9.11. The van der Waals surface area contributed by atoms with Crippen LogP contribution in [0.3, 0.4) is 0 Å². The Kier molecular flexibility index (Phi) is 6.20. The van der Waals surface area contributed by atoms with Gasteiger partial charge in [0, 0.05) is 32.1 Å². The smallest absolute Gasteiger partial charge is 0.309 e. The van der Waals surface area contributed by atoms with E-state index in [1.54, 1.807) is 13.8 Å². The molecule has 0 spiro atoms. The van der Waals surface area contributed by atoms with Crippen molar-refractivity contribution in [2.45, 2.75) is 53.0 Å². The molecule has 0 atom stereocenters. The molecule has 122 valence electrons. The quantitative estimate of drug-likeness (QED) is 0.815. The topological polar surface area (TPSA) is 60.9 Å². The summed E-state index contributed by atoms with van der Waals surface area (Å²) < 4.78 is 0. The van der Waals surface area contributed by atoms with Crippen LogP contribution in [0.15, 0.2) is 0 Å². The summed E-state index contributed by atoms with van der Waals surface area (Å²) in [7, 11) is 2.14. The van der Waals surface area contributed by atoms with Crippen molar-refractivity contribution in [3.05, 3.63) is 0 Å². The molecule has 0 unspecified atom stereocenters. The highest BCUT2D eigenvalue weighted by molar-refractivity contribution is 5.84. The highest BCUT2D eigenvalue weighted by Gasteiger charge is 2.33. The van der Waals surface area contributed by atoms with Gasteiger partial charge in [0.25, 0.3) is 0 Å². The largest absolute Gasteiger partial charge is 0.481 e. The van der Waals surface area contributed by atoms with E-state index >= 15 is 0 Å². The number of carboxylic acids is 1. The standard InChI is InChI=1S/C16H30N2O3/c1-12(2)17(5)11-13-6-8-18(9-7-13)14(19)10-16(3,4)15(20)21/h12-13H,6-11H2,1-5H3,(H,20,21). The third kappa shape index (κ3) is 5.30. The zero-order chi connectivity index (χ0) is 16.2. The lowest BCUT2D eigenvalue weighted by Crippen LogP contribution is -2.43. The number of nitrogens with zero attached hydrogens (tertiary/aromatic N) is 2. The number of rotatable bonds is 6. The van der Waals surface area contributed by atoms with E-state index in [0.29, 0.717) is 12.0 Å². The molecule has 5 nitrogen and oxygen atoms in total. The monoisotopic (exact) mass is 298 g/mol. The SMILES string of the molecule is CC(C)N(C)CC1CCN(C(=O)CC(C)(C)C(=O)O)CC1. The van der Waals surface area contributed by atoms with Gasteiger partial charge in [-0.05, 0) is 53.5 Å². The molecule has 1 saturated heterocycles. The maximum atomic E-state index is 12.2. The first-order valence-electron chi connectivity index (χ1n) is 7.85. The second kappa shape index (κ2) is 7.25. The Labute approximate surface area is 128 Å². The number of carbonyl (C=O) groups is 2. The van der Waals surface area contributed by atoms with Crippen LogP contribution in [0.25, 0.3) is 0 Å². The fraction of sp³-hybridized carbons (Fsp3) is 0.875. The molecule has 0 radical (unpaired) electrons. The van der Waals surface area contributed by atoms with Gasteiger partial charge in [-0.1, -0.05) is 0 Å². The van der Waals surface area contributed by atoms with E-state index in [1.807, 2.05) is 4.90 Å². The van der Waals surface area contributed by atoms with Crippen molar-refractivity contribution in [2.24, 2.45) is 11.3 Å². The molecule has 5 heteroatoms. The van der Waals surface area contributed by atoms with Crippen LogP contribution in [-0.4, -0.2) is 59.5 Å². The molecule has 0 aromatic heterocycles. The molecule has 1 fully saturated rings. The molecule has 1 aliphatic heterocycles. The lowest BCUT2D eigenvalue weighted by Gasteiger charge is -2.35. The molecule has 21 heavy (non-hydrogen) atoms. The first kappa shape index (κ1) is 18.0. The number of likely N-dealkylation sites (tertiary alicyclic amines) is 1. The minimum atomic E-state index is -0.980. The van der Waals surface area contributed by atoms with Gasteiger partial charge in [0.05, 0.1) is 5.41 Å². The lowest BCUT2D eigenvalue weighted by molar-refractivity contribution is -0.151. The van der Waals surface area contributed by atoms with Gasteiger partial charge in [-0.15, -0.1) is 0 Å². The maximum absolute atomic E-state index is 12.2. The first-order valence-corrected chi connectivity index (χ1v) is 7.85. The van der Waals surface area contributed by atoms with E-state index in [9.17, 15) is 9.59 Å². The Balaban J connectivity index is 2.42. The number of amides is 1. The van der Waals surface area contributed by atoms with Crippen LogP contribution in [-0.2, 0) is 9.59 Å². The van der Waals surface area contributed by atoms with Gasteiger partial charge >= 0.3 is 5.97 Å². The fourth-order valence-corrected chi connectivity index (χ4v) is 2.55. The lowest BCUT2D eigenvalue weighted by atomic mass is 9.88. The Morgan fingerprint density at radius 3 is 2.24 bits per heavy atom. The number of carbonyl (C=O) groups excluding carboxylic acids is 1. The Morgan fingerprint density at radius 2 is 1.81 bits per heavy atom. The molecular weight excluding hydrogens is 268 g/mol. The van der Waals surface area contributed by atoms with E-state index in [-0.39, 0.29) is 12.3 Å². The van der Waals surface area contributed by atoms with E-state index in [1.165, 1.54) is 0 Å². The summed E-state index contributed by atoms with van der Waals surface area (Å²) in [6, 6.07) is 0.543. The van der Waals surface area contributed by atoms with Gasteiger partial charge in [-0.2, -0.15) is 0 Å². The van der Waals surface area contributed by atoms with Gasteiger partial charge in [0.15, 0.2) is 0 Å². The molecule has 0 bridgehead atoms. The fourth-order valence-electron chi connectivity index (χ4n) is 2.55. The molecule has 1 aliphatic rings. The van der Waals surface area contributed by atoms with Crippen molar-refractivity contribution < 1.29 is 14.7 Å². The minimum Gasteiger partial charge on any atom is -0.481 e. The predicted molar refractivity (Wildman–Crippen MR) is 83.1 cm³/mol. The van der Waals surface area contributed by atoms with Crippen molar-refractivity contribution in [3.63, 3.8) is 0 Å². The average Bonchev–Trinajstić information content (AvgIpc) is 2.38. The second-order valence-corrected chi connectivity index (χ2v) is 7.22. The molecule has 0 aliphatic carbocycles. The molecule has 1 rings (SSSR count). The molecule has 0 aromatic carbocycles. The summed E-state index contributed by atoms with van der Waals surface area (Å²) in [5.74, 6) is -0.309. The molecule has 1 N–H and O–H groups in total. The Morgan fingerprint density at radius 1 is 1.29 bits per heavy atom. The molecule has 0 aromatic rings. The summed E-state index contributed by atoms with van der Waals surface area (Å²) in [5.41, 5.74) is -0.980. The highest BCUT2D eigenvalue weighted by atomic mass is 16.4. The Hall–Kier alpha value is -1.10. The van der Waals surface area contributed by atoms with Crippen molar-refractivity contribution in [1.82, 2.24) is 9.80 Å². The van der Waals surface area contributed by atoms with Crippen molar-refractivity contribution in [2.75, 3.05) is 26.7 Å². The third-order valence-electron chi connectivity index (χ3n) is 4.57. The van der Waals surface area contributed by atoms with E-state index in [0.717, 1.165) is 32.5 Å². The predicted octanol–water partition coefficient (Wildman–Crippen LogP) is 2.07. The second-order valence-electron chi connectivity index (χ2n) is 7.22. The molecule has 1 heterocycles. The van der Waals surface area contributed by atoms with Gasteiger partial charge in [-0.25, -0.2) is 0 Å². The van der Waals surface area contributed by atoms with E-state index in [2.05, 4.69) is 25.8 Å². The van der Waals surface area contributed by atoms with Gasteiger partial charge in [0.1, 0.15) is 0 Å². The molecule has 1 amide bonds. The van der Waals surface area contributed by atoms with Crippen LogP contribution >= 0.6 is 0 Å². The van der Waals surface area contributed by atoms with Gasteiger partial charge < -0.3 is 14.9 Å². The van der Waals surface area contributed by atoms with Crippen molar-refractivity contribution >= 4 is 11.9 Å². The maximum Gasteiger partial charge on any atom is 0.309 e. The van der Waals surface area contributed by atoms with Crippen LogP contribution in [0.5, 0.6) is 0 Å². The highest BCUT2D eigenvalue weighted by Crippen LogP contribution is 2.25. The third-order valence-corrected chi connectivity index (χ3v) is 4.57. The van der Waals surface area contributed by atoms with E-state index in [4.69, 9.17) is 5.11 Å². The molecular formula is C16H30N2O3. The number of aliphatic carboxylic acids is 1. The summed E-state index contributed by atoms with van der Waals surface area (Å²) >= 11 is 0. The number of piperidine rings is 1. The summed E-state index contributed by atoms with van der Waals surface area (Å²) in [4.78, 5) is 27.5. The van der Waals surface area contributed by atoms with Gasteiger partial charge in [-0.3, -0.25) is 9.59 Å². The van der Waals surface area contributed by atoms with Crippen LogP contribution in [0, 0.1) is 11.3 Å². The van der Waals surface area contributed by atoms with Crippen LogP contribution in [0.2, 0.25) is 0 Å². The summed E-state index contributed by atoms with van der Waals surface area (Å²) in [6.45, 7) is 10.2. The number of hydrogen-bond donors (Lipinski definition) is 1. The van der Waals surface area contributed by atoms with Crippen LogP contribution in [0.1, 0.15) is 47.0 Å². The number of carboxylic acid groups (broad SMARTS) is 1. The molecule has 0 saturated carbocycles. The average molecular weight is 298 g/mol. The zero-order valence-electron chi connectivity index (χ0n) is 14.1. The first-order chi connectivity index (χ1) is 9.63. The minimum absolute atomic E-state index is 0.0296. The van der Waals surface area contributed by atoms with Crippen molar-refractivity contribution in [1.29, 1.82) is 0 Å². The summed E-state index contributed by atoms with van der Waals surface area (Å²) in [6.07, 6.45) is 2.10. The normalized spacial score (nSPS) is 17.6. The zero-order valence-corrected chi connectivity index (χ0v) is 14.1. The van der Waals surface area contributed by atoms with Crippen LogP contribution < -0.4 is 0 Å².